The number of aliphatic carboxylic acids is 1. The Kier molecular flexibility index (Phi) is 4.34. The number of rotatable bonds is 6. The summed E-state index contributed by atoms with van der Waals surface area (Å²) >= 11 is 1.16. The molecule has 0 aromatic carbocycles. The Hall–Kier alpha value is -1.81. The van der Waals surface area contributed by atoms with Gasteiger partial charge in [0.15, 0.2) is 0 Å². The molecular weight excluding hydrogens is 316 g/mol. The lowest BCUT2D eigenvalue weighted by Gasteiger charge is -2.58. The first-order valence-corrected chi connectivity index (χ1v) is 7.44. The number of carboxylic acid groups (broad SMARTS) is 1. The summed E-state index contributed by atoms with van der Waals surface area (Å²) in [4.78, 5) is 46.8. The first-order valence-electron chi connectivity index (χ1n) is 6.39. The largest absolute Gasteiger partial charge is 0.481 e. The van der Waals surface area contributed by atoms with Gasteiger partial charge >= 0.3 is 11.9 Å². The van der Waals surface area contributed by atoms with Crippen LogP contribution in [0, 0.1) is 5.41 Å². The molecule has 0 aliphatic carbocycles. The number of ether oxygens (including phenoxy) is 2. The lowest BCUT2D eigenvalue weighted by Crippen LogP contribution is -2.82. The monoisotopic (exact) mass is 332 g/mol. The first-order chi connectivity index (χ1) is 10.3. The van der Waals surface area contributed by atoms with Crippen molar-refractivity contribution in [3.63, 3.8) is 0 Å². The molecule has 0 radical (unpaired) electrons. The van der Waals surface area contributed by atoms with Crippen molar-refractivity contribution < 1.29 is 33.8 Å². The summed E-state index contributed by atoms with van der Waals surface area (Å²) in [5, 5.41) is 11.3. The Bertz CT molecular complexity index is 528. The maximum Gasteiger partial charge on any atom is 0.315 e. The Labute approximate surface area is 130 Å². The number of esters is 1. The van der Waals surface area contributed by atoms with Crippen LogP contribution >= 0.6 is 11.8 Å². The standard InChI is InChI=1S/C12H16N2O7S/c1-7(16)21-4-11(10(18)19)3-14-8(17)12(20-2,13-6-15)9(14)22-5-11/h6,9H,3-5H2,1-2H3,(H,13,15)(H,18,19)/t9-,11?,12?/m1/s1. The molecule has 2 aliphatic heterocycles. The molecule has 2 rings (SSSR count). The first kappa shape index (κ1) is 16.6. The minimum atomic E-state index is -1.46. The van der Waals surface area contributed by atoms with Crippen LogP contribution in [0.4, 0.5) is 0 Å². The molecule has 2 fully saturated rings. The Balaban J connectivity index is 2.18. The van der Waals surface area contributed by atoms with E-state index in [1.165, 1.54) is 18.9 Å². The van der Waals surface area contributed by atoms with Gasteiger partial charge in [0.25, 0.3) is 11.6 Å². The minimum Gasteiger partial charge on any atom is -0.481 e. The van der Waals surface area contributed by atoms with Gasteiger partial charge in [-0.05, 0) is 0 Å². The lowest BCUT2D eigenvalue weighted by atomic mass is 9.87. The minimum absolute atomic E-state index is 0.113. The third-order valence-corrected chi connectivity index (χ3v) is 5.42. The quantitative estimate of drug-likeness (QED) is 0.264. The van der Waals surface area contributed by atoms with Crippen LogP contribution in [0.15, 0.2) is 0 Å². The molecule has 9 nitrogen and oxygen atoms in total. The molecule has 0 bridgehead atoms. The van der Waals surface area contributed by atoms with Crippen molar-refractivity contribution in [3.05, 3.63) is 0 Å². The fourth-order valence-electron chi connectivity index (χ4n) is 2.54. The fourth-order valence-corrected chi connectivity index (χ4v) is 4.16. The molecule has 2 amide bonds. The van der Waals surface area contributed by atoms with Crippen molar-refractivity contribution in [2.75, 3.05) is 26.0 Å². The second-order valence-corrected chi connectivity index (χ2v) is 6.23. The Morgan fingerprint density at radius 2 is 2.27 bits per heavy atom. The van der Waals surface area contributed by atoms with Gasteiger partial charge in [-0.3, -0.25) is 19.2 Å². The number of nitrogens with zero attached hydrogens (tertiary/aromatic N) is 1. The van der Waals surface area contributed by atoms with Crippen LogP contribution in [0.3, 0.4) is 0 Å². The number of hydrogen-bond donors (Lipinski definition) is 2. The second kappa shape index (κ2) is 5.76. The third-order valence-electron chi connectivity index (χ3n) is 3.80. The van der Waals surface area contributed by atoms with Gasteiger partial charge in [0.1, 0.15) is 17.4 Å². The van der Waals surface area contributed by atoms with Crippen molar-refractivity contribution in [1.82, 2.24) is 10.2 Å². The number of thioether (sulfide) groups is 1. The van der Waals surface area contributed by atoms with Gasteiger partial charge in [-0.25, -0.2) is 0 Å². The van der Waals surface area contributed by atoms with Crippen molar-refractivity contribution in [1.29, 1.82) is 0 Å². The molecule has 2 unspecified atom stereocenters. The average Bonchev–Trinajstić information content (AvgIpc) is 2.49. The van der Waals surface area contributed by atoms with E-state index in [1.807, 2.05) is 0 Å². The number of carbonyl (C=O) groups is 4. The summed E-state index contributed by atoms with van der Waals surface area (Å²) in [7, 11) is 1.30. The molecule has 2 aliphatic rings. The predicted octanol–water partition coefficient (Wildman–Crippen LogP) is -1.38. The highest BCUT2D eigenvalue weighted by Crippen LogP contribution is 2.47. The number of methoxy groups -OCH3 is 1. The van der Waals surface area contributed by atoms with Crippen LogP contribution in [0.1, 0.15) is 6.92 Å². The molecule has 0 aromatic heterocycles. The van der Waals surface area contributed by atoms with E-state index in [0.717, 1.165) is 11.8 Å². The summed E-state index contributed by atoms with van der Waals surface area (Å²) in [5.41, 5.74) is -2.83. The highest BCUT2D eigenvalue weighted by Gasteiger charge is 2.67. The van der Waals surface area contributed by atoms with Crippen LogP contribution in [0.25, 0.3) is 0 Å². The molecule has 22 heavy (non-hydrogen) atoms. The maximum atomic E-state index is 12.3. The third kappa shape index (κ3) is 2.31. The highest BCUT2D eigenvalue weighted by molar-refractivity contribution is 8.00. The Morgan fingerprint density at radius 1 is 1.59 bits per heavy atom. The maximum absolute atomic E-state index is 12.3. The number of amides is 2. The highest BCUT2D eigenvalue weighted by atomic mass is 32.2. The molecule has 2 heterocycles. The van der Waals surface area contributed by atoms with Crippen LogP contribution in [-0.4, -0.2) is 71.4 Å². The van der Waals surface area contributed by atoms with E-state index in [-0.39, 0.29) is 18.9 Å². The molecule has 0 spiro atoms. The predicted molar refractivity (Wildman–Crippen MR) is 73.6 cm³/mol. The summed E-state index contributed by atoms with van der Waals surface area (Å²) in [5.74, 6) is -2.13. The number of carbonyl (C=O) groups excluding carboxylic acids is 3. The van der Waals surface area contributed by atoms with E-state index >= 15 is 0 Å². The van der Waals surface area contributed by atoms with Gasteiger partial charge in [-0.1, -0.05) is 0 Å². The van der Waals surface area contributed by atoms with Gasteiger partial charge in [0, 0.05) is 26.3 Å². The lowest BCUT2D eigenvalue weighted by molar-refractivity contribution is -0.200. The molecule has 0 aromatic rings. The van der Waals surface area contributed by atoms with E-state index in [0.29, 0.717) is 6.41 Å². The fraction of sp³-hybridized carbons (Fsp3) is 0.667. The van der Waals surface area contributed by atoms with Gasteiger partial charge in [0.2, 0.25) is 6.41 Å². The smallest absolute Gasteiger partial charge is 0.315 e. The zero-order valence-corrected chi connectivity index (χ0v) is 12.8. The number of β-lactam (4-membered cyclic amide) rings is 1. The average molecular weight is 332 g/mol. The number of hydrogen-bond acceptors (Lipinski definition) is 7. The van der Waals surface area contributed by atoms with E-state index in [1.54, 1.807) is 0 Å². The molecular formula is C12H16N2O7S. The van der Waals surface area contributed by atoms with Crippen molar-refractivity contribution in [3.8, 4) is 0 Å². The molecule has 10 heteroatoms. The summed E-state index contributed by atoms with van der Waals surface area (Å²) < 4.78 is 9.98. The molecule has 0 saturated carbocycles. The SMILES string of the molecule is COC1(NC=O)C(=O)N2CC(COC(C)=O)(C(=O)O)CS[C@@H]21. The van der Waals surface area contributed by atoms with Crippen LogP contribution in [-0.2, 0) is 28.7 Å². The number of nitrogens with one attached hydrogen (secondary N) is 1. The van der Waals surface area contributed by atoms with Gasteiger partial charge < -0.3 is 24.8 Å². The molecule has 122 valence electrons. The zero-order chi connectivity index (χ0) is 16.5. The topological polar surface area (TPSA) is 122 Å². The normalized spacial score (nSPS) is 33.5. The Morgan fingerprint density at radius 3 is 2.77 bits per heavy atom. The number of fused-ring (bicyclic) bond motifs is 1. The van der Waals surface area contributed by atoms with Gasteiger partial charge in [-0.15, -0.1) is 11.8 Å². The summed E-state index contributed by atoms with van der Waals surface area (Å²) in [6.07, 6.45) is 0.372. The van der Waals surface area contributed by atoms with Crippen molar-refractivity contribution in [2.45, 2.75) is 18.0 Å². The zero-order valence-electron chi connectivity index (χ0n) is 12.0. The van der Waals surface area contributed by atoms with Crippen molar-refractivity contribution in [2.24, 2.45) is 5.41 Å². The summed E-state index contributed by atoms with van der Waals surface area (Å²) in [6.45, 7) is 0.757. The summed E-state index contributed by atoms with van der Waals surface area (Å²) in [6, 6.07) is 0. The van der Waals surface area contributed by atoms with E-state index in [9.17, 15) is 24.3 Å². The molecule has 3 atom stereocenters. The molecule has 2 saturated heterocycles. The van der Waals surface area contributed by atoms with Gasteiger partial charge in [0.05, 0.1) is 0 Å². The molecule has 2 N–H and O–H groups in total. The van der Waals surface area contributed by atoms with Gasteiger partial charge in [-0.2, -0.15) is 0 Å². The van der Waals surface area contributed by atoms with Crippen LogP contribution in [0.5, 0.6) is 0 Å². The van der Waals surface area contributed by atoms with Crippen molar-refractivity contribution >= 4 is 36.0 Å². The van der Waals surface area contributed by atoms with E-state index < -0.39 is 34.4 Å². The van der Waals surface area contributed by atoms with E-state index in [4.69, 9.17) is 9.47 Å². The second-order valence-electron chi connectivity index (χ2n) is 5.16. The van der Waals surface area contributed by atoms with Crippen LogP contribution in [0.2, 0.25) is 0 Å². The van der Waals surface area contributed by atoms with E-state index in [2.05, 4.69) is 5.32 Å². The number of carboxylic acids is 1. The van der Waals surface area contributed by atoms with Crippen LogP contribution < -0.4 is 5.32 Å².